The van der Waals surface area contributed by atoms with Gasteiger partial charge in [-0.1, -0.05) is 0 Å². The van der Waals surface area contributed by atoms with E-state index in [1.807, 2.05) is 0 Å². The summed E-state index contributed by atoms with van der Waals surface area (Å²) in [6, 6.07) is 7.98. The van der Waals surface area contributed by atoms with E-state index in [0.29, 0.717) is 23.1 Å². The van der Waals surface area contributed by atoms with Crippen LogP contribution in [-0.2, 0) is 4.79 Å². The first kappa shape index (κ1) is 18.4. The second-order valence-electron chi connectivity index (χ2n) is 5.67. The number of benzene rings is 1. The number of imidazole rings is 1. The monoisotopic (exact) mass is 376 g/mol. The average molecular weight is 376 g/mol. The second-order valence-corrected chi connectivity index (χ2v) is 5.67. The van der Waals surface area contributed by atoms with Crippen molar-refractivity contribution in [3.8, 4) is 5.82 Å². The number of aromatic nitrogens is 4. The largest absolute Gasteiger partial charge is 0.397 e. The standard InChI is InChI=1S/C17H15F3N6O/c1-11-22-14(8-15(23-11)26-7-6-21-10-26)24-12-2-4-13(5-3-12)25-16(27)9-17(18,19)20/h2-8,10H,9H2,1H3,(H,25,27)(H,22,23,24). The Labute approximate surface area is 152 Å². The molecule has 0 radical (unpaired) electrons. The number of carbonyl (C=O) groups is 1. The van der Waals surface area contributed by atoms with E-state index in [4.69, 9.17) is 0 Å². The lowest BCUT2D eigenvalue weighted by Gasteiger charge is -2.11. The van der Waals surface area contributed by atoms with Crippen molar-refractivity contribution in [2.45, 2.75) is 19.5 Å². The zero-order valence-electron chi connectivity index (χ0n) is 14.2. The maximum absolute atomic E-state index is 12.2. The third-order valence-corrected chi connectivity index (χ3v) is 3.40. The topological polar surface area (TPSA) is 84.7 Å². The minimum Gasteiger partial charge on any atom is -0.340 e. The number of anilines is 3. The molecule has 27 heavy (non-hydrogen) atoms. The first-order valence-corrected chi connectivity index (χ1v) is 7.86. The summed E-state index contributed by atoms with van der Waals surface area (Å²) in [5.41, 5.74) is 0.922. The third-order valence-electron chi connectivity index (χ3n) is 3.40. The van der Waals surface area contributed by atoms with Gasteiger partial charge in [0.15, 0.2) is 0 Å². The van der Waals surface area contributed by atoms with Crippen LogP contribution in [0.15, 0.2) is 49.1 Å². The van der Waals surface area contributed by atoms with Crippen molar-refractivity contribution < 1.29 is 18.0 Å². The van der Waals surface area contributed by atoms with E-state index in [-0.39, 0.29) is 5.69 Å². The molecule has 2 heterocycles. The minimum absolute atomic E-state index is 0.271. The molecule has 0 spiro atoms. The van der Waals surface area contributed by atoms with Gasteiger partial charge in [0.1, 0.15) is 30.2 Å². The van der Waals surface area contributed by atoms with Crippen LogP contribution in [0.3, 0.4) is 0 Å². The molecular weight excluding hydrogens is 361 g/mol. The molecule has 0 bridgehead atoms. The van der Waals surface area contributed by atoms with Crippen LogP contribution in [0, 0.1) is 6.92 Å². The number of amides is 1. The smallest absolute Gasteiger partial charge is 0.340 e. The van der Waals surface area contributed by atoms with Crippen LogP contribution in [0.2, 0.25) is 0 Å². The fraction of sp³-hybridized carbons (Fsp3) is 0.176. The number of carbonyl (C=O) groups excluding carboxylic acids is 1. The summed E-state index contributed by atoms with van der Waals surface area (Å²) < 4.78 is 38.3. The maximum atomic E-state index is 12.2. The summed E-state index contributed by atoms with van der Waals surface area (Å²) in [6.07, 6.45) is -1.06. The normalized spacial score (nSPS) is 11.3. The molecule has 2 N–H and O–H groups in total. The highest BCUT2D eigenvalue weighted by molar-refractivity contribution is 5.91. The molecule has 2 aromatic heterocycles. The highest BCUT2D eigenvalue weighted by Crippen LogP contribution is 2.22. The maximum Gasteiger partial charge on any atom is 0.397 e. The number of halogens is 3. The zero-order valence-corrected chi connectivity index (χ0v) is 14.2. The van der Waals surface area contributed by atoms with Crippen LogP contribution < -0.4 is 10.6 Å². The number of alkyl halides is 3. The SMILES string of the molecule is Cc1nc(Nc2ccc(NC(=O)CC(F)(F)F)cc2)cc(-n2ccnc2)n1. The Balaban J connectivity index is 1.69. The van der Waals surface area contributed by atoms with Gasteiger partial charge < -0.3 is 10.6 Å². The van der Waals surface area contributed by atoms with Gasteiger partial charge >= 0.3 is 6.18 Å². The molecule has 3 rings (SSSR count). The van der Waals surface area contributed by atoms with E-state index >= 15 is 0 Å². The van der Waals surface area contributed by atoms with Gasteiger partial charge in [0.05, 0.1) is 0 Å². The number of rotatable bonds is 5. The van der Waals surface area contributed by atoms with Gasteiger partial charge in [-0.25, -0.2) is 15.0 Å². The molecule has 140 valence electrons. The van der Waals surface area contributed by atoms with Gasteiger partial charge in [-0.3, -0.25) is 9.36 Å². The fourth-order valence-electron chi connectivity index (χ4n) is 2.31. The van der Waals surface area contributed by atoms with E-state index in [1.54, 1.807) is 48.4 Å². The highest BCUT2D eigenvalue weighted by Gasteiger charge is 2.31. The lowest BCUT2D eigenvalue weighted by molar-refractivity contribution is -0.150. The summed E-state index contributed by atoms with van der Waals surface area (Å²) in [5, 5.41) is 5.29. The lowest BCUT2D eigenvalue weighted by atomic mass is 10.2. The Hall–Kier alpha value is -3.43. The summed E-state index contributed by atoms with van der Waals surface area (Å²) in [5.74, 6) is 0.623. The van der Waals surface area contributed by atoms with Crippen molar-refractivity contribution in [2.75, 3.05) is 10.6 Å². The van der Waals surface area contributed by atoms with E-state index < -0.39 is 18.5 Å². The van der Waals surface area contributed by atoms with Crippen molar-refractivity contribution in [1.29, 1.82) is 0 Å². The average Bonchev–Trinajstić information content (AvgIpc) is 3.09. The predicted octanol–water partition coefficient (Wildman–Crippen LogP) is 3.61. The highest BCUT2D eigenvalue weighted by atomic mass is 19.4. The molecule has 1 amide bonds. The molecule has 1 aromatic carbocycles. The Bertz CT molecular complexity index is 923. The van der Waals surface area contributed by atoms with Crippen LogP contribution in [0.5, 0.6) is 0 Å². The first-order valence-electron chi connectivity index (χ1n) is 7.86. The minimum atomic E-state index is -4.54. The molecule has 0 atom stereocenters. The molecule has 0 aliphatic rings. The lowest BCUT2D eigenvalue weighted by Crippen LogP contribution is -2.21. The van der Waals surface area contributed by atoms with Crippen LogP contribution in [-0.4, -0.2) is 31.6 Å². The molecule has 0 aliphatic heterocycles. The summed E-state index contributed by atoms with van der Waals surface area (Å²) >= 11 is 0. The first-order chi connectivity index (χ1) is 12.8. The molecule has 0 fully saturated rings. The van der Waals surface area contributed by atoms with Gasteiger partial charge in [0, 0.05) is 29.8 Å². The van der Waals surface area contributed by atoms with Crippen molar-refractivity contribution >= 4 is 23.1 Å². The summed E-state index contributed by atoms with van der Waals surface area (Å²) in [4.78, 5) is 23.9. The Morgan fingerprint density at radius 1 is 1.15 bits per heavy atom. The molecule has 0 unspecified atom stereocenters. The van der Waals surface area contributed by atoms with Crippen molar-refractivity contribution in [2.24, 2.45) is 0 Å². The Morgan fingerprint density at radius 3 is 2.48 bits per heavy atom. The van der Waals surface area contributed by atoms with Crippen LogP contribution in [0.25, 0.3) is 5.82 Å². The molecule has 0 saturated carbocycles. The molecule has 7 nitrogen and oxygen atoms in total. The molecule has 10 heteroatoms. The second kappa shape index (κ2) is 7.44. The number of aryl methyl sites for hydroxylation is 1. The van der Waals surface area contributed by atoms with Gasteiger partial charge in [-0.15, -0.1) is 0 Å². The van der Waals surface area contributed by atoms with Gasteiger partial charge in [-0.2, -0.15) is 13.2 Å². The van der Waals surface area contributed by atoms with Crippen molar-refractivity contribution in [3.63, 3.8) is 0 Å². The predicted molar refractivity (Wildman–Crippen MR) is 92.9 cm³/mol. The summed E-state index contributed by atoms with van der Waals surface area (Å²) in [7, 11) is 0. The van der Waals surface area contributed by atoms with Crippen molar-refractivity contribution in [3.05, 3.63) is 54.9 Å². The van der Waals surface area contributed by atoms with Gasteiger partial charge in [0.2, 0.25) is 5.91 Å². The van der Waals surface area contributed by atoms with E-state index in [1.165, 1.54) is 12.1 Å². The Kier molecular flexibility index (Phi) is 5.06. The Morgan fingerprint density at radius 2 is 1.85 bits per heavy atom. The van der Waals surface area contributed by atoms with Crippen LogP contribution >= 0.6 is 0 Å². The number of hydrogen-bond acceptors (Lipinski definition) is 5. The van der Waals surface area contributed by atoms with Gasteiger partial charge in [0.25, 0.3) is 0 Å². The van der Waals surface area contributed by atoms with Crippen LogP contribution in [0.1, 0.15) is 12.2 Å². The van der Waals surface area contributed by atoms with E-state index in [0.717, 1.165) is 0 Å². The van der Waals surface area contributed by atoms with Crippen LogP contribution in [0.4, 0.5) is 30.4 Å². The van der Waals surface area contributed by atoms with E-state index in [9.17, 15) is 18.0 Å². The third kappa shape index (κ3) is 5.27. The number of hydrogen-bond donors (Lipinski definition) is 2. The molecule has 0 aliphatic carbocycles. The summed E-state index contributed by atoms with van der Waals surface area (Å²) in [6.45, 7) is 1.75. The number of nitrogens with one attached hydrogen (secondary N) is 2. The molecule has 0 saturated heterocycles. The molecular formula is C17H15F3N6O. The fourth-order valence-corrected chi connectivity index (χ4v) is 2.31. The molecule has 3 aromatic rings. The van der Waals surface area contributed by atoms with E-state index in [2.05, 4.69) is 25.6 Å². The quantitative estimate of drug-likeness (QED) is 0.711. The van der Waals surface area contributed by atoms with Crippen molar-refractivity contribution in [1.82, 2.24) is 19.5 Å². The van der Waals surface area contributed by atoms with Gasteiger partial charge in [-0.05, 0) is 31.2 Å². The zero-order chi connectivity index (χ0) is 19.4. The number of nitrogens with zero attached hydrogens (tertiary/aromatic N) is 4.